The molecule has 1 saturated heterocycles. The van der Waals surface area contributed by atoms with Gasteiger partial charge in [0.15, 0.2) is 0 Å². The van der Waals surface area contributed by atoms with Gasteiger partial charge in [0, 0.05) is 16.1 Å². The van der Waals surface area contributed by atoms with E-state index < -0.39 is 0 Å². The maximum Gasteiger partial charge on any atom is 0.249 e. The van der Waals surface area contributed by atoms with Gasteiger partial charge in [-0.2, -0.15) is 11.8 Å². The zero-order valence-corrected chi connectivity index (χ0v) is 18.4. The van der Waals surface area contributed by atoms with Crippen LogP contribution in [0.3, 0.4) is 0 Å². The minimum absolute atomic E-state index is 0.0206. The van der Waals surface area contributed by atoms with Crippen LogP contribution in [0.2, 0.25) is 10.0 Å². The van der Waals surface area contributed by atoms with Crippen molar-refractivity contribution in [1.29, 1.82) is 0 Å². The van der Waals surface area contributed by atoms with Gasteiger partial charge in [-0.1, -0.05) is 54.4 Å². The van der Waals surface area contributed by atoms with Crippen molar-refractivity contribution in [3.8, 4) is 0 Å². The third-order valence-corrected chi connectivity index (χ3v) is 6.43. The molecule has 3 atom stereocenters. The Hall–Kier alpha value is -1.20. The zero-order chi connectivity index (χ0) is 20.1. The Labute approximate surface area is 181 Å². The molecule has 2 aromatic carbocycles. The van der Waals surface area contributed by atoms with Crippen molar-refractivity contribution in [3.63, 3.8) is 0 Å². The number of hydrogen-bond donors (Lipinski definition) is 0. The van der Waals surface area contributed by atoms with Crippen molar-refractivity contribution in [1.82, 2.24) is 4.90 Å². The number of nitrogens with zero attached hydrogens (tertiary/aromatic N) is 1. The smallest absolute Gasteiger partial charge is 0.249 e. The molecule has 0 aromatic heterocycles. The summed E-state index contributed by atoms with van der Waals surface area (Å²) in [5, 5.41) is 1.33. The first-order chi connectivity index (χ1) is 13.5. The van der Waals surface area contributed by atoms with E-state index in [1.165, 1.54) is 0 Å². The maximum atomic E-state index is 12.9. The van der Waals surface area contributed by atoms with E-state index in [4.69, 9.17) is 27.9 Å². The summed E-state index contributed by atoms with van der Waals surface area (Å²) in [6.07, 6.45) is 0.662. The summed E-state index contributed by atoms with van der Waals surface area (Å²) in [4.78, 5) is 14.9. The topological polar surface area (TPSA) is 29.5 Å². The first kappa shape index (κ1) is 21.5. The maximum absolute atomic E-state index is 12.9. The van der Waals surface area contributed by atoms with Gasteiger partial charge in [-0.15, -0.1) is 0 Å². The molecule has 1 heterocycles. The molecule has 0 spiro atoms. The molecular weight excluding hydrogens is 413 g/mol. The summed E-state index contributed by atoms with van der Waals surface area (Å²) in [5.41, 5.74) is 1.98. The van der Waals surface area contributed by atoms with Gasteiger partial charge in [-0.3, -0.25) is 4.79 Å². The lowest BCUT2D eigenvalue weighted by Gasteiger charge is -2.44. The highest BCUT2D eigenvalue weighted by Crippen LogP contribution is 2.42. The molecule has 0 saturated carbocycles. The van der Waals surface area contributed by atoms with E-state index in [1.807, 2.05) is 65.2 Å². The SMILES string of the molecule is CCSCC[C@H](C)N1C(=O)CO[C@H](c2cccc(Cl)c2)[C@H]1c1ccc(Cl)cc1. The second kappa shape index (κ2) is 10.0. The molecule has 1 amide bonds. The number of amides is 1. The van der Waals surface area contributed by atoms with E-state index in [2.05, 4.69) is 13.8 Å². The average Bonchev–Trinajstić information content (AvgIpc) is 2.68. The molecule has 0 bridgehead atoms. The van der Waals surface area contributed by atoms with Gasteiger partial charge in [-0.25, -0.2) is 0 Å². The fraction of sp³-hybridized carbons (Fsp3) is 0.409. The van der Waals surface area contributed by atoms with Gasteiger partial charge in [0.1, 0.15) is 12.7 Å². The van der Waals surface area contributed by atoms with Crippen molar-refractivity contribution in [2.75, 3.05) is 18.1 Å². The lowest BCUT2D eigenvalue weighted by Crippen LogP contribution is -2.50. The summed E-state index contributed by atoms with van der Waals surface area (Å²) >= 11 is 14.2. The molecule has 3 nitrogen and oxygen atoms in total. The number of carbonyl (C=O) groups is 1. The molecule has 0 unspecified atom stereocenters. The number of benzene rings is 2. The second-order valence-corrected chi connectivity index (χ2v) is 9.19. The Morgan fingerprint density at radius 1 is 1.14 bits per heavy atom. The molecule has 3 rings (SSSR count). The number of ether oxygens (including phenoxy) is 1. The van der Waals surface area contributed by atoms with Crippen molar-refractivity contribution in [2.24, 2.45) is 0 Å². The van der Waals surface area contributed by atoms with E-state index in [1.54, 1.807) is 0 Å². The van der Waals surface area contributed by atoms with E-state index in [0.717, 1.165) is 29.1 Å². The third-order valence-electron chi connectivity index (χ3n) is 5.01. The average molecular weight is 438 g/mol. The fourth-order valence-corrected chi connectivity index (χ4v) is 4.76. The van der Waals surface area contributed by atoms with Gasteiger partial charge in [-0.05, 0) is 60.2 Å². The Balaban J connectivity index is 1.99. The zero-order valence-electron chi connectivity index (χ0n) is 16.1. The number of hydrogen-bond acceptors (Lipinski definition) is 3. The van der Waals surface area contributed by atoms with Crippen LogP contribution in [0.4, 0.5) is 0 Å². The summed E-state index contributed by atoms with van der Waals surface area (Å²) in [5.74, 6) is 2.12. The summed E-state index contributed by atoms with van der Waals surface area (Å²) < 4.78 is 6.05. The highest BCUT2D eigenvalue weighted by molar-refractivity contribution is 7.99. The Morgan fingerprint density at radius 2 is 1.89 bits per heavy atom. The van der Waals surface area contributed by atoms with Gasteiger partial charge in [0.25, 0.3) is 0 Å². The van der Waals surface area contributed by atoms with Crippen LogP contribution in [0.1, 0.15) is 43.5 Å². The van der Waals surface area contributed by atoms with Crippen LogP contribution >= 0.6 is 35.0 Å². The monoisotopic (exact) mass is 437 g/mol. The fourth-order valence-electron chi connectivity index (χ4n) is 3.64. The molecule has 1 fully saturated rings. The second-order valence-electron chi connectivity index (χ2n) is 6.92. The number of halogens is 2. The number of morpholine rings is 1. The number of carbonyl (C=O) groups excluding carboxylic acids is 1. The van der Waals surface area contributed by atoms with Crippen molar-refractivity contribution in [2.45, 2.75) is 38.5 Å². The molecule has 150 valence electrons. The summed E-state index contributed by atoms with van der Waals surface area (Å²) in [6.45, 7) is 4.35. The molecule has 1 aliphatic rings. The molecule has 28 heavy (non-hydrogen) atoms. The first-order valence-corrected chi connectivity index (χ1v) is 11.4. The van der Waals surface area contributed by atoms with Crippen molar-refractivity contribution in [3.05, 3.63) is 69.7 Å². The van der Waals surface area contributed by atoms with E-state index in [9.17, 15) is 4.79 Å². The van der Waals surface area contributed by atoms with Crippen LogP contribution in [0, 0.1) is 0 Å². The molecule has 0 radical (unpaired) electrons. The van der Waals surface area contributed by atoms with Gasteiger partial charge >= 0.3 is 0 Å². The van der Waals surface area contributed by atoms with E-state index >= 15 is 0 Å². The minimum Gasteiger partial charge on any atom is -0.361 e. The summed E-state index contributed by atoms with van der Waals surface area (Å²) in [6, 6.07) is 15.3. The third kappa shape index (κ3) is 5.04. The Bertz CT molecular complexity index is 799. The largest absolute Gasteiger partial charge is 0.361 e. The quantitative estimate of drug-likeness (QED) is 0.485. The minimum atomic E-state index is -0.279. The predicted octanol–water partition coefficient (Wildman–Crippen LogP) is 6.17. The van der Waals surface area contributed by atoms with Crippen LogP contribution in [0.5, 0.6) is 0 Å². The molecular formula is C22H25Cl2NO2S. The Kier molecular flexibility index (Phi) is 7.69. The van der Waals surface area contributed by atoms with Crippen LogP contribution in [-0.2, 0) is 9.53 Å². The highest BCUT2D eigenvalue weighted by Gasteiger charge is 2.40. The van der Waals surface area contributed by atoms with Crippen molar-refractivity contribution >= 4 is 40.9 Å². The molecule has 0 N–H and O–H groups in total. The van der Waals surface area contributed by atoms with Gasteiger partial charge in [0.2, 0.25) is 5.91 Å². The molecule has 1 aliphatic heterocycles. The summed E-state index contributed by atoms with van der Waals surface area (Å²) in [7, 11) is 0. The lowest BCUT2D eigenvalue weighted by atomic mass is 9.91. The highest BCUT2D eigenvalue weighted by atomic mass is 35.5. The standard InChI is InChI=1S/C22H25Cl2NO2S/c1-3-28-12-11-15(2)25-20(26)14-27-22(17-5-4-6-19(24)13-17)21(25)16-7-9-18(23)10-8-16/h4-10,13,15,21-22H,3,11-12,14H2,1-2H3/t15-,21+,22+/m0/s1. The van der Waals surface area contributed by atoms with E-state index in [-0.39, 0.29) is 30.7 Å². The first-order valence-electron chi connectivity index (χ1n) is 9.52. The van der Waals surface area contributed by atoms with Crippen LogP contribution in [-0.4, -0.2) is 35.0 Å². The van der Waals surface area contributed by atoms with Crippen LogP contribution in [0.15, 0.2) is 48.5 Å². The predicted molar refractivity (Wildman–Crippen MR) is 118 cm³/mol. The lowest BCUT2D eigenvalue weighted by molar-refractivity contribution is -0.162. The number of rotatable bonds is 7. The van der Waals surface area contributed by atoms with Crippen LogP contribution in [0.25, 0.3) is 0 Å². The van der Waals surface area contributed by atoms with Gasteiger partial charge < -0.3 is 9.64 Å². The van der Waals surface area contributed by atoms with Crippen LogP contribution < -0.4 is 0 Å². The Morgan fingerprint density at radius 3 is 2.57 bits per heavy atom. The number of thioether (sulfide) groups is 1. The van der Waals surface area contributed by atoms with Gasteiger partial charge in [0.05, 0.1) is 6.04 Å². The molecule has 2 aromatic rings. The normalized spacial score (nSPS) is 21.0. The van der Waals surface area contributed by atoms with E-state index in [0.29, 0.717) is 10.0 Å². The van der Waals surface area contributed by atoms with Crippen molar-refractivity contribution < 1.29 is 9.53 Å². The molecule has 6 heteroatoms. The molecule has 0 aliphatic carbocycles.